The van der Waals surface area contributed by atoms with Gasteiger partial charge in [-0.2, -0.15) is 5.26 Å². The first-order valence-corrected chi connectivity index (χ1v) is 6.20. The summed E-state index contributed by atoms with van der Waals surface area (Å²) in [7, 11) is 0. The first-order chi connectivity index (χ1) is 9.13. The van der Waals surface area contributed by atoms with Gasteiger partial charge in [0.15, 0.2) is 0 Å². The Morgan fingerprint density at radius 3 is 2.32 bits per heavy atom. The molecule has 0 radical (unpaired) electrons. The van der Waals surface area contributed by atoms with Crippen molar-refractivity contribution in [2.75, 3.05) is 26.2 Å². The molecule has 0 spiro atoms. The van der Waals surface area contributed by atoms with Gasteiger partial charge in [-0.1, -0.05) is 0 Å². The lowest BCUT2D eigenvalue weighted by Gasteiger charge is -2.34. The Balaban J connectivity index is 2.36. The maximum atomic E-state index is 9.93. The summed E-state index contributed by atoms with van der Waals surface area (Å²) in [6.07, 6.45) is 0.173. The number of nitriles is 1. The molecule has 0 aliphatic carbocycles. The van der Waals surface area contributed by atoms with Crippen LogP contribution < -0.4 is 5.32 Å². The zero-order chi connectivity index (χ0) is 13.8. The van der Waals surface area contributed by atoms with Gasteiger partial charge >= 0.3 is 0 Å². The molecule has 2 rings (SSSR count). The molecule has 102 valence electrons. The second kappa shape index (κ2) is 5.78. The van der Waals surface area contributed by atoms with Crippen LogP contribution in [0.15, 0.2) is 12.1 Å². The van der Waals surface area contributed by atoms with Crippen molar-refractivity contribution in [3.8, 4) is 23.3 Å². The molecule has 1 aliphatic heterocycles. The number of phenols is 3. The van der Waals surface area contributed by atoms with E-state index in [9.17, 15) is 15.3 Å². The minimum Gasteiger partial charge on any atom is -0.508 e. The van der Waals surface area contributed by atoms with E-state index >= 15 is 0 Å². The van der Waals surface area contributed by atoms with Crippen molar-refractivity contribution in [1.82, 2.24) is 10.2 Å². The topological polar surface area (TPSA) is 99.8 Å². The first kappa shape index (κ1) is 13.5. The van der Waals surface area contributed by atoms with Gasteiger partial charge in [0.2, 0.25) is 0 Å². The number of benzene rings is 1. The molecular formula is C13H17N3O3. The van der Waals surface area contributed by atoms with Crippen LogP contribution in [0, 0.1) is 11.3 Å². The summed E-state index contributed by atoms with van der Waals surface area (Å²) in [6, 6.07) is 4.08. The highest BCUT2D eigenvalue weighted by atomic mass is 16.3. The minimum atomic E-state index is -0.368. The number of phenolic OH excluding ortho intramolecular Hbond substituents is 3. The smallest absolute Gasteiger partial charge is 0.127 e. The van der Waals surface area contributed by atoms with E-state index in [0.29, 0.717) is 5.56 Å². The third-order valence-corrected chi connectivity index (χ3v) is 3.33. The van der Waals surface area contributed by atoms with Crippen LogP contribution in [0.1, 0.15) is 18.0 Å². The molecule has 1 atom stereocenters. The fraction of sp³-hybridized carbons (Fsp3) is 0.462. The van der Waals surface area contributed by atoms with Crippen LogP contribution in [0.3, 0.4) is 0 Å². The van der Waals surface area contributed by atoms with Crippen molar-refractivity contribution >= 4 is 0 Å². The lowest BCUT2D eigenvalue weighted by Crippen LogP contribution is -2.45. The van der Waals surface area contributed by atoms with Crippen molar-refractivity contribution in [3.63, 3.8) is 0 Å². The molecule has 1 saturated heterocycles. The standard InChI is InChI=1S/C13H17N3O3/c14-2-1-10(16-5-3-15-4-6-16)13-11(18)7-9(17)8-12(13)19/h7-8,10,15,17-19H,1,3-6H2/t10-/m1/s1. The first-order valence-electron chi connectivity index (χ1n) is 6.20. The van der Waals surface area contributed by atoms with E-state index in [0.717, 1.165) is 26.2 Å². The second-order valence-corrected chi connectivity index (χ2v) is 4.56. The molecule has 6 heteroatoms. The summed E-state index contributed by atoms with van der Waals surface area (Å²) in [4.78, 5) is 2.05. The van der Waals surface area contributed by atoms with E-state index in [-0.39, 0.29) is 29.7 Å². The van der Waals surface area contributed by atoms with E-state index in [1.807, 2.05) is 4.90 Å². The van der Waals surface area contributed by atoms with Gasteiger partial charge < -0.3 is 20.6 Å². The van der Waals surface area contributed by atoms with Gasteiger partial charge in [0.1, 0.15) is 17.2 Å². The molecule has 0 aromatic heterocycles. The predicted octanol–water partition coefficient (Wildman–Crippen LogP) is 0.663. The zero-order valence-electron chi connectivity index (χ0n) is 10.5. The van der Waals surface area contributed by atoms with Crippen LogP contribution in [0.4, 0.5) is 0 Å². The van der Waals surface area contributed by atoms with Crippen molar-refractivity contribution in [3.05, 3.63) is 17.7 Å². The number of piperazine rings is 1. The lowest BCUT2D eigenvalue weighted by atomic mass is 9.99. The summed E-state index contributed by atoms with van der Waals surface area (Å²) in [6.45, 7) is 3.10. The maximum Gasteiger partial charge on any atom is 0.127 e. The van der Waals surface area contributed by atoms with Crippen LogP contribution >= 0.6 is 0 Å². The third kappa shape index (κ3) is 2.89. The number of aromatic hydroxyl groups is 3. The molecule has 0 unspecified atom stereocenters. The Bertz CT molecular complexity index is 469. The summed E-state index contributed by atoms with van der Waals surface area (Å²) in [5.74, 6) is -0.567. The highest BCUT2D eigenvalue weighted by molar-refractivity contribution is 5.50. The Hall–Kier alpha value is -1.97. The molecule has 1 aliphatic rings. The fourth-order valence-electron chi connectivity index (χ4n) is 2.44. The number of rotatable bonds is 3. The van der Waals surface area contributed by atoms with Gasteiger partial charge in [-0.3, -0.25) is 4.90 Å². The predicted molar refractivity (Wildman–Crippen MR) is 68.9 cm³/mol. The molecule has 19 heavy (non-hydrogen) atoms. The number of hydrogen-bond acceptors (Lipinski definition) is 6. The van der Waals surface area contributed by atoms with E-state index in [1.165, 1.54) is 12.1 Å². The van der Waals surface area contributed by atoms with E-state index < -0.39 is 0 Å². The van der Waals surface area contributed by atoms with E-state index in [2.05, 4.69) is 11.4 Å². The molecule has 1 fully saturated rings. The Kier molecular flexibility index (Phi) is 4.10. The molecular weight excluding hydrogens is 246 g/mol. The molecule has 0 amide bonds. The van der Waals surface area contributed by atoms with Crippen molar-refractivity contribution in [1.29, 1.82) is 5.26 Å². The number of nitrogens with one attached hydrogen (secondary N) is 1. The van der Waals surface area contributed by atoms with Crippen LogP contribution in [0.5, 0.6) is 17.2 Å². The number of nitrogens with zero attached hydrogens (tertiary/aromatic N) is 2. The highest BCUT2D eigenvalue weighted by Gasteiger charge is 2.27. The van der Waals surface area contributed by atoms with Gasteiger partial charge in [0.25, 0.3) is 0 Å². The van der Waals surface area contributed by atoms with Crippen molar-refractivity contribution in [2.45, 2.75) is 12.5 Å². The molecule has 4 N–H and O–H groups in total. The minimum absolute atomic E-state index is 0.173. The summed E-state index contributed by atoms with van der Waals surface area (Å²) in [5.41, 5.74) is 0.307. The number of hydrogen-bond donors (Lipinski definition) is 4. The molecule has 0 saturated carbocycles. The Morgan fingerprint density at radius 2 is 1.79 bits per heavy atom. The summed E-state index contributed by atoms with van der Waals surface area (Å²) in [5, 5.41) is 41.4. The molecule has 1 heterocycles. The van der Waals surface area contributed by atoms with Gasteiger partial charge in [-0.15, -0.1) is 0 Å². The molecule has 0 bridgehead atoms. The molecule has 1 aromatic carbocycles. The van der Waals surface area contributed by atoms with Crippen LogP contribution in [0.2, 0.25) is 0 Å². The highest BCUT2D eigenvalue weighted by Crippen LogP contribution is 2.40. The van der Waals surface area contributed by atoms with Gasteiger partial charge in [-0.05, 0) is 0 Å². The quantitative estimate of drug-likeness (QED) is 0.639. The third-order valence-electron chi connectivity index (χ3n) is 3.33. The SMILES string of the molecule is N#CC[C@H](c1c(O)cc(O)cc1O)N1CCNCC1. The monoisotopic (exact) mass is 263 g/mol. The van der Waals surface area contributed by atoms with Crippen LogP contribution in [-0.4, -0.2) is 46.4 Å². The van der Waals surface area contributed by atoms with E-state index in [1.54, 1.807) is 0 Å². The van der Waals surface area contributed by atoms with Crippen LogP contribution in [0.25, 0.3) is 0 Å². The van der Waals surface area contributed by atoms with Gasteiger partial charge in [0.05, 0.1) is 24.1 Å². The lowest BCUT2D eigenvalue weighted by molar-refractivity contribution is 0.170. The Morgan fingerprint density at radius 1 is 1.21 bits per heavy atom. The maximum absolute atomic E-state index is 9.93. The molecule has 1 aromatic rings. The fourth-order valence-corrected chi connectivity index (χ4v) is 2.44. The normalized spacial score (nSPS) is 17.8. The average molecular weight is 263 g/mol. The average Bonchev–Trinajstić information content (AvgIpc) is 2.37. The largest absolute Gasteiger partial charge is 0.508 e. The van der Waals surface area contributed by atoms with Gasteiger partial charge in [-0.25, -0.2) is 0 Å². The zero-order valence-corrected chi connectivity index (χ0v) is 10.5. The Labute approximate surface area is 111 Å². The summed E-state index contributed by atoms with van der Waals surface area (Å²) < 4.78 is 0. The van der Waals surface area contributed by atoms with Gasteiger partial charge in [0, 0.05) is 38.3 Å². The van der Waals surface area contributed by atoms with Crippen molar-refractivity contribution < 1.29 is 15.3 Å². The van der Waals surface area contributed by atoms with E-state index in [4.69, 9.17) is 5.26 Å². The summed E-state index contributed by atoms with van der Waals surface area (Å²) >= 11 is 0. The van der Waals surface area contributed by atoms with Crippen molar-refractivity contribution in [2.24, 2.45) is 0 Å². The molecule has 6 nitrogen and oxygen atoms in total. The van der Waals surface area contributed by atoms with Crippen LogP contribution in [-0.2, 0) is 0 Å². The second-order valence-electron chi connectivity index (χ2n) is 4.56.